The van der Waals surface area contributed by atoms with Crippen LogP contribution in [0.5, 0.6) is 0 Å². The van der Waals surface area contributed by atoms with Gasteiger partial charge in [0.15, 0.2) is 11.6 Å². The van der Waals surface area contributed by atoms with Crippen LogP contribution < -0.4 is 5.73 Å². The Hall–Kier alpha value is -2.63. The van der Waals surface area contributed by atoms with Crippen molar-refractivity contribution in [2.24, 2.45) is 0 Å². The van der Waals surface area contributed by atoms with E-state index in [1.165, 1.54) is 12.5 Å². The smallest absolute Gasteiger partial charge is 0.180 e. The second kappa shape index (κ2) is 4.24. The van der Waals surface area contributed by atoms with Crippen LogP contribution in [0, 0.1) is 11.6 Å². The molecule has 0 fully saturated rings. The second-order valence-corrected chi connectivity index (χ2v) is 3.94. The van der Waals surface area contributed by atoms with Crippen molar-refractivity contribution in [3.05, 3.63) is 48.4 Å². The number of anilines is 1. The summed E-state index contributed by atoms with van der Waals surface area (Å²) in [7, 11) is 0. The topological polar surface area (TPSA) is 65.2 Å². The third-order valence-corrected chi connectivity index (χ3v) is 2.65. The molecule has 0 bridgehead atoms. The van der Waals surface area contributed by atoms with E-state index < -0.39 is 11.6 Å². The lowest BCUT2D eigenvalue weighted by atomic mass is 10.0. The van der Waals surface area contributed by atoms with Gasteiger partial charge in [0.05, 0.1) is 17.4 Å². The average molecular weight is 262 g/mol. The average Bonchev–Trinajstić information content (AvgIpc) is 2.95. The SMILES string of the molecule is Nc1noc(-c2ccoc2)c1-c1cc(F)cc(F)c1. The first kappa shape index (κ1) is 11.5. The van der Waals surface area contributed by atoms with Crippen LogP contribution in [0.4, 0.5) is 14.6 Å². The molecule has 0 aliphatic carbocycles. The molecule has 0 amide bonds. The zero-order chi connectivity index (χ0) is 13.4. The zero-order valence-corrected chi connectivity index (χ0v) is 9.56. The van der Waals surface area contributed by atoms with Crippen molar-refractivity contribution in [1.29, 1.82) is 0 Å². The van der Waals surface area contributed by atoms with E-state index in [-0.39, 0.29) is 11.4 Å². The molecular formula is C13H8F2N2O2. The third-order valence-electron chi connectivity index (χ3n) is 2.65. The molecule has 2 heterocycles. The molecule has 1 aromatic carbocycles. The van der Waals surface area contributed by atoms with Crippen molar-refractivity contribution in [3.63, 3.8) is 0 Å². The monoisotopic (exact) mass is 262 g/mol. The second-order valence-electron chi connectivity index (χ2n) is 3.94. The first-order chi connectivity index (χ1) is 9.15. The van der Waals surface area contributed by atoms with Gasteiger partial charge in [0.2, 0.25) is 0 Å². The first-order valence-electron chi connectivity index (χ1n) is 5.39. The largest absolute Gasteiger partial charge is 0.472 e. The summed E-state index contributed by atoms with van der Waals surface area (Å²) in [6.07, 6.45) is 2.88. The van der Waals surface area contributed by atoms with E-state index in [4.69, 9.17) is 14.7 Å². The number of hydrogen-bond donors (Lipinski definition) is 1. The molecule has 0 aliphatic rings. The van der Waals surface area contributed by atoms with Crippen molar-refractivity contribution in [1.82, 2.24) is 5.16 Å². The fraction of sp³-hybridized carbons (Fsp3) is 0. The molecular weight excluding hydrogens is 254 g/mol. The summed E-state index contributed by atoms with van der Waals surface area (Å²) in [5.74, 6) is -1.04. The highest BCUT2D eigenvalue weighted by molar-refractivity contribution is 5.86. The van der Waals surface area contributed by atoms with E-state index in [2.05, 4.69) is 5.16 Å². The minimum Gasteiger partial charge on any atom is -0.472 e. The number of hydrogen-bond acceptors (Lipinski definition) is 4. The number of nitrogens with zero attached hydrogens (tertiary/aromatic N) is 1. The van der Waals surface area contributed by atoms with Gasteiger partial charge in [-0.2, -0.15) is 0 Å². The Labute approximate surface area is 106 Å². The summed E-state index contributed by atoms with van der Waals surface area (Å²) < 4.78 is 36.6. The van der Waals surface area contributed by atoms with Gasteiger partial charge in [0, 0.05) is 6.07 Å². The van der Waals surface area contributed by atoms with Crippen LogP contribution in [0.15, 0.2) is 45.7 Å². The molecule has 3 rings (SSSR count). The van der Waals surface area contributed by atoms with Gasteiger partial charge in [-0.1, -0.05) is 5.16 Å². The molecule has 0 aliphatic heterocycles. The van der Waals surface area contributed by atoms with Gasteiger partial charge >= 0.3 is 0 Å². The van der Waals surface area contributed by atoms with Gasteiger partial charge in [0.1, 0.15) is 17.9 Å². The molecule has 0 radical (unpaired) electrons. The van der Waals surface area contributed by atoms with Gasteiger partial charge in [-0.05, 0) is 23.8 Å². The molecule has 19 heavy (non-hydrogen) atoms. The first-order valence-corrected chi connectivity index (χ1v) is 5.39. The van der Waals surface area contributed by atoms with E-state index in [9.17, 15) is 8.78 Å². The van der Waals surface area contributed by atoms with Gasteiger partial charge in [-0.25, -0.2) is 8.78 Å². The Morgan fingerprint density at radius 3 is 2.42 bits per heavy atom. The third kappa shape index (κ3) is 1.97. The Bertz CT molecular complexity index is 700. The molecule has 0 spiro atoms. The van der Waals surface area contributed by atoms with E-state index in [1.807, 2.05) is 0 Å². The van der Waals surface area contributed by atoms with Gasteiger partial charge < -0.3 is 14.7 Å². The van der Waals surface area contributed by atoms with Crippen LogP contribution in [0.2, 0.25) is 0 Å². The maximum Gasteiger partial charge on any atom is 0.180 e. The lowest BCUT2D eigenvalue weighted by Crippen LogP contribution is -1.90. The number of furan rings is 1. The van der Waals surface area contributed by atoms with Crippen molar-refractivity contribution >= 4 is 5.82 Å². The minimum absolute atomic E-state index is 0.0567. The summed E-state index contributed by atoms with van der Waals surface area (Å²) in [4.78, 5) is 0. The lowest BCUT2D eigenvalue weighted by molar-refractivity contribution is 0.435. The normalized spacial score (nSPS) is 10.8. The predicted molar refractivity (Wildman–Crippen MR) is 64.0 cm³/mol. The molecule has 96 valence electrons. The highest BCUT2D eigenvalue weighted by atomic mass is 19.1. The molecule has 0 unspecified atom stereocenters. The Balaban J connectivity index is 2.22. The van der Waals surface area contributed by atoms with Crippen LogP contribution in [-0.4, -0.2) is 5.16 Å². The fourth-order valence-electron chi connectivity index (χ4n) is 1.87. The molecule has 4 nitrogen and oxygen atoms in total. The minimum atomic E-state index is -0.700. The van der Waals surface area contributed by atoms with E-state index in [1.54, 1.807) is 6.07 Å². The fourth-order valence-corrected chi connectivity index (χ4v) is 1.87. The van der Waals surface area contributed by atoms with Gasteiger partial charge in [-0.15, -0.1) is 0 Å². The van der Waals surface area contributed by atoms with Gasteiger partial charge in [-0.3, -0.25) is 0 Å². The molecule has 0 atom stereocenters. The van der Waals surface area contributed by atoms with E-state index >= 15 is 0 Å². The summed E-state index contributed by atoms with van der Waals surface area (Å²) in [6, 6.07) is 4.74. The van der Waals surface area contributed by atoms with Crippen LogP contribution in [0.25, 0.3) is 22.5 Å². The number of nitrogen functional groups attached to an aromatic ring is 1. The van der Waals surface area contributed by atoms with Crippen LogP contribution >= 0.6 is 0 Å². The molecule has 3 aromatic rings. The Kier molecular flexibility index (Phi) is 2.56. The van der Waals surface area contributed by atoms with Crippen molar-refractivity contribution in [3.8, 4) is 22.5 Å². The van der Waals surface area contributed by atoms with Crippen LogP contribution in [0.1, 0.15) is 0 Å². The number of benzene rings is 1. The number of rotatable bonds is 2. The lowest BCUT2D eigenvalue weighted by Gasteiger charge is -2.02. The number of nitrogens with two attached hydrogens (primary N) is 1. The molecule has 2 aromatic heterocycles. The number of halogens is 2. The molecule has 0 saturated heterocycles. The van der Waals surface area contributed by atoms with Crippen molar-refractivity contribution in [2.45, 2.75) is 0 Å². The number of aromatic nitrogens is 1. The molecule has 2 N–H and O–H groups in total. The highest BCUT2D eigenvalue weighted by Gasteiger charge is 2.19. The highest BCUT2D eigenvalue weighted by Crippen LogP contribution is 2.37. The molecule has 6 heteroatoms. The standard InChI is InChI=1S/C13H8F2N2O2/c14-9-3-8(4-10(15)5-9)11-12(19-17-13(11)16)7-1-2-18-6-7/h1-6H,(H2,16,17). The maximum atomic E-state index is 13.3. The van der Waals surface area contributed by atoms with Crippen molar-refractivity contribution < 1.29 is 17.7 Å². The van der Waals surface area contributed by atoms with Gasteiger partial charge in [0.25, 0.3) is 0 Å². The summed E-state index contributed by atoms with van der Waals surface area (Å²) in [5, 5.41) is 3.62. The molecule has 0 saturated carbocycles. The van der Waals surface area contributed by atoms with Crippen molar-refractivity contribution in [2.75, 3.05) is 5.73 Å². The maximum absolute atomic E-state index is 13.3. The zero-order valence-electron chi connectivity index (χ0n) is 9.56. The van der Waals surface area contributed by atoms with E-state index in [0.717, 1.165) is 18.2 Å². The van der Waals surface area contributed by atoms with Crippen LogP contribution in [-0.2, 0) is 0 Å². The van der Waals surface area contributed by atoms with E-state index in [0.29, 0.717) is 16.9 Å². The summed E-state index contributed by atoms with van der Waals surface area (Å²) in [5.41, 5.74) is 6.88. The Morgan fingerprint density at radius 2 is 1.79 bits per heavy atom. The Morgan fingerprint density at radius 1 is 1.05 bits per heavy atom. The quantitative estimate of drug-likeness (QED) is 0.768. The van der Waals surface area contributed by atoms with Crippen LogP contribution in [0.3, 0.4) is 0 Å². The predicted octanol–water partition coefficient (Wildman–Crippen LogP) is 3.46. The summed E-state index contributed by atoms with van der Waals surface area (Å²) >= 11 is 0. The summed E-state index contributed by atoms with van der Waals surface area (Å²) in [6.45, 7) is 0.